The zero-order valence-corrected chi connectivity index (χ0v) is 11.8. The highest BCUT2D eigenvalue weighted by Crippen LogP contribution is 2.30. The lowest BCUT2D eigenvalue weighted by molar-refractivity contribution is 0.240. The predicted octanol–water partition coefficient (Wildman–Crippen LogP) is 2.53. The minimum absolute atomic E-state index is 0.307. The molecule has 0 saturated carbocycles. The molecule has 0 spiro atoms. The highest BCUT2D eigenvalue weighted by atomic mass is 32.1. The minimum atomic E-state index is 0.307. The monoisotopic (exact) mass is 273 g/mol. The Bertz CT molecular complexity index is 475. The molecule has 1 saturated heterocycles. The number of hydrogen-bond acceptors (Lipinski definition) is 4. The Balaban J connectivity index is 1.92. The Morgan fingerprint density at radius 2 is 2.16 bits per heavy atom. The third-order valence-electron chi connectivity index (χ3n) is 3.52. The molecule has 3 nitrogen and oxygen atoms in total. The van der Waals surface area contributed by atoms with Gasteiger partial charge >= 0.3 is 0 Å². The minimum Gasteiger partial charge on any atom is -0.315 e. The molecule has 1 atom stereocenters. The smallest absolute Gasteiger partial charge is 0.0870 e. The molecular formula is C15H19N3S. The molecular weight excluding hydrogens is 254 g/mol. The molecule has 0 amide bonds. The normalized spacial score (nSPS) is 18.9. The largest absolute Gasteiger partial charge is 0.315 e. The fraction of sp³-hybridized carbons (Fsp3) is 0.400. The Labute approximate surface area is 118 Å². The molecule has 1 unspecified atom stereocenters. The van der Waals surface area contributed by atoms with Crippen molar-refractivity contribution < 1.29 is 0 Å². The van der Waals surface area contributed by atoms with E-state index in [9.17, 15) is 0 Å². The van der Waals surface area contributed by atoms with E-state index in [2.05, 4.69) is 44.8 Å². The van der Waals surface area contributed by atoms with E-state index >= 15 is 0 Å². The maximum atomic E-state index is 4.59. The highest BCUT2D eigenvalue weighted by Gasteiger charge is 2.24. The van der Waals surface area contributed by atoms with E-state index in [-0.39, 0.29) is 0 Å². The van der Waals surface area contributed by atoms with Gasteiger partial charge in [0.2, 0.25) is 0 Å². The van der Waals surface area contributed by atoms with E-state index < -0.39 is 0 Å². The summed E-state index contributed by atoms with van der Waals surface area (Å²) in [6, 6.07) is 10.9. The Hall–Kier alpha value is -1.23. The van der Waals surface area contributed by atoms with E-state index in [1.807, 2.05) is 23.6 Å². The molecule has 0 aromatic carbocycles. The first kappa shape index (κ1) is 12.8. The van der Waals surface area contributed by atoms with E-state index in [0.29, 0.717) is 6.04 Å². The van der Waals surface area contributed by atoms with Crippen LogP contribution in [0, 0.1) is 0 Å². The number of hydrogen-bond donors (Lipinski definition) is 1. The van der Waals surface area contributed by atoms with Crippen LogP contribution in [0.4, 0.5) is 0 Å². The van der Waals surface area contributed by atoms with Gasteiger partial charge in [-0.1, -0.05) is 12.1 Å². The van der Waals surface area contributed by atoms with Crippen molar-refractivity contribution in [1.29, 1.82) is 0 Å². The van der Waals surface area contributed by atoms with E-state index in [1.54, 1.807) is 0 Å². The third-order valence-corrected chi connectivity index (χ3v) is 4.45. The summed E-state index contributed by atoms with van der Waals surface area (Å²) < 4.78 is 0. The van der Waals surface area contributed by atoms with Gasteiger partial charge in [0.05, 0.1) is 11.7 Å². The zero-order chi connectivity index (χ0) is 12.9. The van der Waals surface area contributed by atoms with Gasteiger partial charge < -0.3 is 5.32 Å². The van der Waals surface area contributed by atoms with Gasteiger partial charge in [0.25, 0.3) is 0 Å². The molecule has 0 radical (unpaired) electrons. The molecule has 100 valence electrons. The van der Waals surface area contributed by atoms with Gasteiger partial charge in [0, 0.05) is 30.7 Å². The van der Waals surface area contributed by atoms with Gasteiger partial charge in [-0.2, -0.15) is 0 Å². The number of nitrogens with one attached hydrogen (secondary N) is 1. The number of rotatable bonds is 3. The molecule has 1 aliphatic rings. The van der Waals surface area contributed by atoms with Crippen molar-refractivity contribution in [3.63, 3.8) is 0 Å². The molecule has 3 heterocycles. The molecule has 1 fully saturated rings. The average Bonchev–Trinajstić information content (AvgIpc) is 2.84. The summed E-state index contributed by atoms with van der Waals surface area (Å²) >= 11 is 1.82. The molecule has 2 aromatic rings. The van der Waals surface area contributed by atoms with Crippen LogP contribution in [0.5, 0.6) is 0 Å². The summed E-state index contributed by atoms with van der Waals surface area (Å²) in [6.07, 6.45) is 3.10. The first-order valence-corrected chi connectivity index (χ1v) is 7.72. The van der Waals surface area contributed by atoms with Gasteiger partial charge in [-0.15, -0.1) is 11.3 Å². The molecule has 1 N–H and O–H groups in total. The van der Waals surface area contributed by atoms with E-state index in [4.69, 9.17) is 0 Å². The topological polar surface area (TPSA) is 28.2 Å². The lowest BCUT2D eigenvalue weighted by Gasteiger charge is -2.29. The molecule has 0 aliphatic carbocycles. The van der Waals surface area contributed by atoms with E-state index in [1.165, 1.54) is 11.3 Å². The van der Waals surface area contributed by atoms with Crippen LogP contribution in [0.3, 0.4) is 0 Å². The summed E-state index contributed by atoms with van der Waals surface area (Å²) in [7, 11) is 0. The Morgan fingerprint density at radius 1 is 1.16 bits per heavy atom. The first-order chi connectivity index (χ1) is 9.45. The molecule has 3 rings (SSSR count). The average molecular weight is 273 g/mol. The van der Waals surface area contributed by atoms with Crippen LogP contribution in [-0.4, -0.2) is 36.1 Å². The third kappa shape index (κ3) is 3.03. The second-order valence-corrected chi connectivity index (χ2v) is 5.79. The van der Waals surface area contributed by atoms with Crippen LogP contribution in [0.1, 0.15) is 23.0 Å². The van der Waals surface area contributed by atoms with Gasteiger partial charge in [-0.3, -0.25) is 9.88 Å². The summed E-state index contributed by atoms with van der Waals surface area (Å²) in [5.74, 6) is 0. The highest BCUT2D eigenvalue weighted by molar-refractivity contribution is 7.10. The quantitative estimate of drug-likeness (QED) is 0.931. The summed E-state index contributed by atoms with van der Waals surface area (Å²) in [6.45, 7) is 4.40. The van der Waals surface area contributed by atoms with Crippen molar-refractivity contribution in [2.75, 3.05) is 26.2 Å². The zero-order valence-electron chi connectivity index (χ0n) is 11.0. The Morgan fingerprint density at radius 3 is 2.95 bits per heavy atom. The van der Waals surface area contributed by atoms with Crippen LogP contribution in [0.2, 0.25) is 0 Å². The fourth-order valence-corrected chi connectivity index (χ4v) is 3.49. The van der Waals surface area contributed by atoms with Gasteiger partial charge in [-0.25, -0.2) is 0 Å². The fourth-order valence-electron chi connectivity index (χ4n) is 2.62. The number of thiophene rings is 1. The number of pyridine rings is 1. The van der Waals surface area contributed by atoms with Crippen LogP contribution in [-0.2, 0) is 0 Å². The van der Waals surface area contributed by atoms with Crippen molar-refractivity contribution in [3.8, 4) is 0 Å². The maximum absolute atomic E-state index is 4.59. The molecule has 0 bridgehead atoms. The lowest BCUT2D eigenvalue weighted by atomic mass is 10.1. The Kier molecular flexibility index (Phi) is 4.23. The lowest BCUT2D eigenvalue weighted by Crippen LogP contribution is -2.33. The van der Waals surface area contributed by atoms with Crippen LogP contribution in [0.15, 0.2) is 41.9 Å². The van der Waals surface area contributed by atoms with Gasteiger partial charge in [0.1, 0.15) is 0 Å². The SMILES string of the molecule is c1ccc(C(c2cccs2)N2CCCNCC2)nc1. The van der Waals surface area contributed by atoms with Crippen LogP contribution in [0.25, 0.3) is 0 Å². The van der Waals surface area contributed by atoms with Crippen LogP contribution < -0.4 is 5.32 Å². The van der Waals surface area contributed by atoms with Crippen molar-refractivity contribution >= 4 is 11.3 Å². The van der Waals surface area contributed by atoms with Crippen molar-refractivity contribution in [2.24, 2.45) is 0 Å². The number of aromatic nitrogens is 1. The molecule has 19 heavy (non-hydrogen) atoms. The van der Waals surface area contributed by atoms with E-state index in [0.717, 1.165) is 31.9 Å². The molecule has 1 aliphatic heterocycles. The van der Waals surface area contributed by atoms with Gasteiger partial charge in [-0.05, 0) is 36.5 Å². The second-order valence-electron chi connectivity index (χ2n) is 4.81. The second kappa shape index (κ2) is 6.28. The van der Waals surface area contributed by atoms with Gasteiger partial charge in [0.15, 0.2) is 0 Å². The summed E-state index contributed by atoms with van der Waals surface area (Å²) in [5.41, 5.74) is 1.16. The molecule has 4 heteroatoms. The van der Waals surface area contributed by atoms with Crippen molar-refractivity contribution in [2.45, 2.75) is 12.5 Å². The molecule has 2 aromatic heterocycles. The van der Waals surface area contributed by atoms with Crippen molar-refractivity contribution in [1.82, 2.24) is 15.2 Å². The summed E-state index contributed by atoms with van der Waals surface area (Å²) in [4.78, 5) is 8.52. The standard InChI is InChI=1S/C15H19N3S/c1-2-8-17-13(5-1)15(14-6-3-12-19-14)18-10-4-7-16-9-11-18/h1-3,5-6,8,12,15-16H,4,7,9-11H2. The van der Waals surface area contributed by atoms with Crippen LogP contribution >= 0.6 is 11.3 Å². The number of nitrogens with zero attached hydrogens (tertiary/aromatic N) is 2. The van der Waals surface area contributed by atoms with Crippen molar-refractivity contribution in [3.05, 3.63) is 52.5 Å². The maximum Gasteiger partial charge on any atom is 0.0870 e. The first-order valence-electron chi connectivity index (χ1n) is 6.84. The summed E-state index contributed by atoms with van der Waals surface area (Å²) in [5, 5.41) is 5.62. The predicted molar refractivity (Wildman–Crippen MR) is 79.5 cm³/mol.